The molecule has 1 N–H and O–H groups in total. The minimum absolute atomic E-state index is 0.0732. The summed E-state index contributed by atoms with van der Waals surface area (Å²) in [6, 6.07) is 2.23. The van der Waals surface area contributed by atoms with Crippen molar-refractivity contribution in [3.63, 3.8) is 0 Å². The third-order valence-electron chi connectivity index (χ3n) is 4.37. The molecule has 0 aliphatic heterocycles. The zero-order valence-electron chi connectivity index (χ0n) is 13.9. The van der Waals surface area contributed by atoms with Gasteiger partial charge in [-0.25, -0.2) is 4.98 Å². The first kappa shape index (κ1) is 16.2. The van der Waals surface area contributed by atoms with Crippen LogP contribution in [0.5, 0.6) is 0 Å². The summed E-state index contributed by atoms with van der Waals surface area (Å²) in [5, 5.41) is 12.2. The largest absolute Gasteiger partial charge is 0.353 e. The molecule has 0 atom stereocenters. The molecule has 2 aromatic rings. The maximum atomic E-state index is 12.2. The van der Waals surface area contributed by atoms with Crippen LogP contribution in [-0.4, -0.2) is 37.3 Å². The van der Waals surface area contributed by atoms with Crippen LogP contribution in [0.15, 0.2) is 11.2 Å². The maximum absolute atomic E-state index is 12.2. The lowest BCUT2D eigenvalue weighted by Crippen LogP contribution is -2.38. The van der Waals surface area contributed by atoms with Gasteiger partial charge in [0.25, 0.3) is 0 Å². The van der Waals surface area contributed by atoms with Crippen molar-refractivity contribution in [1.82, 2.24) is 24.9 Å². The molecule has 0 radical (unpaired) electrons. The van der Waals surface area contributed by atoms with E-state index < -0.39 is 0 Å². The average molecular weight is 333 g/mol. The van der Waals surface area contributed by atoms with Gasteiger partial charge in [0, 0.05) is 17.8 Å². The maximum Gasteiger partial charge on any atom is 0.230 e. The number of thioether (sulfide) groups is 1. The molecule has 124 valence electrons. The van der Waals surface area contributed by atoms with Crippen LogP contribution in [-0.2, 0) is 4.79 Å². The van der Waals surface area contributed by atoms with Crippen molar-refractivity contribution in [3.05, 3.63) is 17.6 Å². The number of fused-ring (bicyclic) bond motifs is 1. The Morgan fingerprint density at radius 1 is 1.30 bits per heavy atom. The lowest BCUT2D eigenvalue weighted by atomic mass is 9.87. The molecule has 0 spiro atoms. The van der Waals surface area contributed by atoms with E-state index in [4.69, 9.17) is 0 Å². The number of aromatic nitrogens is 4. The Labute approximate surface area is 140 Å². The van der Waals surface area contributed by atoms with E-state index in [0.29, 0.717) is 11.8 Å². The highest BCUT2D eigenvalue weighted by Crippen LogP contribution is 2.24. The van der Waals surface area contributed by atoms with Gasteiger partial charge in [-0.15, -0.1) is 10.2 Å². The Morgan fingerprint density at radius 2 is 2.04 bits per heavy atom. The molecule has 7 heteroatoms. The monoisotopic (exact) mass is 333 g/mol. The molecule has 1 aliphatic carbocycles. The predicted octanol–water partition coefficient (Wildman–Crippen LogP) is 2.53. The van der Waals surface area contributed by atoms with E-state index in [-0.39, 0.29) is 5.91 Å². The molecule has 1 fully saturated rings. The first-order chi connectivity index (χ1) is 11.0. The Balaban J connectivity index is 1.59. The van der Waals surface area contributed by atoms with Crippen LogP contribution >= 0.6 is 11.8 Å². The van der Waals surface area contributed by atoms with Gasteiger partial charge in [-0.05, 0) is 45.4 Å². The molecule has 0 saturated heterocycles. The fourth-order valence-corrected chi connectivity index (χ4v) is 3.90. The van der Waals surface area contributed by atoms with Crippen LogP contribution in [0.1, 0.15) is 44.1 Å². The lowest BCUT2D eigenvalue weighted by Gasteiger charge is -2.26. The summed E-state index contributed by atoms with van der Waals surface area (Å²) < 4.78 is 1.90. The summed E-state index contributed by atoms with van der Waals surface area (Å²) in [5.74, 6) is 2.07. The van der Waals surface area contributed by atoms with Gasteiger partial charge in [0.05, 0.1) is 5.75 Å². The number of carbonyl (C=O) groups excluding carboxylic acids is 1. The number of hydrogen-bond acceptors (Lipinski definition) is 5. The van der Waals surface area contributed by atoms with Crippen molar-refractivity contribution in [2.24, 2.45) is 5.92 Å². The summed E-state index contributed by atoms with van der Waals surface area (Å²) in [4.78, 5) is 16.6. The third kappa shape index (κ3) is 3.83. The van der Waals surface area contributed by atoms with Crippen LogP contribution in [0.4, 0.5) is 0 Å². The van der Waals surface area contributed by atoms with E-state index in [1.54, 1.807) is 0 Å². The molecule has 2 heterocycles. The van der Waals surface area contributed by atoms with Gasteiger partial charge in [-0.1, -0.05) is 18.7 Å². The molecule has 1 saturated carbocycles. The van der Waals surface area contributed by atoms with E-state index in [9.17, 15) is 4.79 Å². The second-order valence-electron chi connectivity index (χ2n) is 6.43. The quantitative estimate of drug-likeness (QED) is 0.871. The zero-order chi connectivity index (χ0) is 16.4. The number of nitrogens with one attached hydrogen (secondary N) is 1. The highest BCUT2D eigenvalue weighted by Gasteiger charge is 2.20. The van der Waals surface area contributed by atoms with Crippen LogP contribution in [0.3, 0.4) is 0 Å². The fraction of sp³-hybridized carbons (Fsp3) is 0.625. The zero-order valence-corrected chi connectivity index (χ0v) is 14.7. The SMILES string of the molecule is Cc1cc2nnc(SCC(=O)NC3CCC(C)CC3)n2c(C)n1. The van der Waals surface area contributed by atoms with Crippen molar-refractivity contribution in [1.29, 1.82) is 0 Å². The molecule has 0 aromatic carbocycles. The topological polar surface area (TPSA) is 72.2 Å². The highest BCUT2D eigenvalue weighted by molar-refractivity contribution is 7.99. The van der Waals surface area contributed by atoms with E-state index in [1.165, 1.54) is 24.6 Å². The van der Waals surface area contributed by atoms with Gasteiger partial charge in [0.15, 0.2) is 10.8 Å². The number of aryl methyl sites for hydroxylation is 2. The summed E-state index contributed by atoms with van der Waals surface area (Å²) in [6.45, 7) is 6.14. The Hall–Kier alpha value is -1.63. The minimum atomic E-state index is 0.0732. The normalized spacial score (nSPS) is 21.5. The second-order valence-corrected chi connectivity index (χ2v) is 7.38. The van der Waals surface area contributed by atoms with Crippen molar-refractivity contribution >= 4 is 23.3 Å². The standard InChI is InChI=1S/C16H23N5OS/c1-10-4-6-13(7-5-10)18-15(22)9-23-16-20-19-14-8-11(2)17-12(3)21(14)16/h8,10,13H,4-7,9H2,1-3H3,(H,18,22). The number of hydrogen-bond donors (Lipinski definition) is 1. The predicted molar refractivity (Wildman–Crippen MR) is 90.5 cm³/mol. The summed E-state index contributed by atoms with van der Waals surface area (Å²) >= 11 is 1.41. The fourth-order valence-electron chi connectivity index (χ4n) is 3.10. The van der Waals surface area contributed by atoms with Crippen molar-refractivity contribution < 1.29 is 4.79 Å². The summed E-state index contributed by atoms with van der Waals surface area (Å²) in [6.07, 6.45) is 4.59. The smallest absolute Gasteiger partial charge is 0.230 e. The van der Waals surface area contributed by atoms with Crippen molar-refractivity contribution in [2.45, 2.75) is 57.7 Å². The van der Waals surface area contributed by atoms with Crippen LogP contribution in [0.2, 0.25) is 0 Å². The van der Waals surface area contributed by atoms with Gasteiger partial charge < -0.3 is 5.32 Å². The minimum Gasteiger partial charge on any atom is -0.353 e. The first-order valence-corrected chi connectivity index (χ1v) is 9.13. The number of nitrogens with zero attached hydrogens (tertiary/aromatic N) is 4. The van der Waals surface area contributed by atoms with Crippen LogP contribution in [0.25, 0.3) is 5.65 Å². The van der Waals surface area contributed by atoms with Crippen molar-refractivity contribution in [3.8, 4) is 0 Å². The molecule has 1 amide bonds. The number of amides is 1. The molecular weight excluding hydrogens is 310 g/mol. The second kappa shape index (κ2) is 6.86. The van der Waals surface area contributed by atoms with Gasteiger partial charge >= 0.3 is 0 Å². The molecule has 6 nitrogen and oxygen atoms in total. The van der Waals surface area contributed by atoms with E-state index in [0.717, 1.165) is 41.1 Å². The molecule has 0 bridgehead atoms. The van der Waals surface area contributed by atoms with E-state index in [2.05, 4.69) is 27.4 Å². The lowest BCUT2D eigenvalue weighted by molar-refractivity contribution is -0.119. The van der Waals surface area contributed by atoms with Gasteiger partial charge in [-0.3, -0.25) is 9.20 Å². The number of rotatable bonds is 4. The first-order valence-electron chi connectivity index (χ1n) is 8.14. The highest BCUT2D eigenvalue weighted by atomic mass is 32.2. The molecule has 2 aromatic heterocycles. The van der Waals surface area contributed by atoms with Crippen LogP contribution in [0, 0.1) is 19.8 Å². The number of carbonyl (C=O) groups is 1. The Morgan fingerprint density at radius 3 is 2.78 bits per heavy atom. The van der Waals surface area contributed by atoms with E-state index >= 15 is 0 Å². The molecule has 1 aliphatic rings. The Bertz CT molecular complexity index is 706. The van der Waals surface area contributed by atoms with E-state index in [1.807, 2.05) is 24.3 Å². The molecular formula is C16H23N5OS. The third-order valence-corrected chi connectivity index (χ3v) is 5.30. The van der Waals surface area contributed by atoms with Gasteiger partial charge in [0.1, 0.15) is 5.82 Å². The average Bonchev–Trinajstić information content (AvgIpc) is 2.91. The summed E-state index contributed by atoms with van der Waals surface area (Å²) in [5.41, 5.74) is 1.70. The van der Waals surface area contributed by atoms with Crippen molar-refractivity contribution in [2.75, 3.05) is 5.75 Å². The van der Waals surface area contributed by atoms with Crippen LogP contribution < -0.4 is 5.32 Å². The van der Waals surface area contributed by atoms with Gasteiger partial charge in [-0.2, -0.15) is 0 Å². The Kier molecular flexibility index (Phi) is 4.84. The molecule has 23 heavy (non-hydrogen) atoms. The summed E-state index contributed by atoms with van der Waals surface area (Å²) in [7, 11) is 0. The molecule has 3 rings (SSSR count). The molecule has 0 unspecified atom stereocenters. The van der Waals surface area contributed by atoms with Gasteiger partial charge in [0.2, 0.25) is 5.91 Å².